The molecule has 8 nitrogen and oxygen atoms in total. The van der Waals surface area contributed by atoms with E-state index in [-0.39, 0.29) is 40.9 Å². The van der Waals surface area contributed by atoms with Crippen LogP contribution in [0.3, 0.4) is 0 Å². The van der Waals surface area contributed by atoms with E-state index in [1.807, 2.05) is 20.8 Å². The van der Waals surface area contributed by atoms with Crippen molar-refractivity contribution in [3.05, 3.63) is 64.2 Å². The lowest BCUT2D eigenvalue weighted by atomic mass is 9.33. The zero-order valence-corrected chi connectivity index (χ0v) is 29.7. The molecule has 3 fully saturated rings. The second kappa shape index (κ2) is 11.8. The maximum atomic E-state index is 14.1. The molecule has 0 aromatic heterocycles. The van der Waals surface area contributed by atoms with E-state index >= 15 is 0 Å². The molecule has 47 heavy (non-hydrogen) atoms. The first kappa shape index (κ1) is 34.3. The summed E-state index contributed by atoms with van der Waals surface area (Å²) in [6, 6.07) is 3.37. The number of carbonyl (C=O) groups excluding carboxylic acids is 2. The molecule has 2 aromatic carbocycles. The smallest absolute Gasteiger partial charge is 0.508 e. The predicted octanol–water partition coefficient (Wildman–Crippen LogP) is 8.25. The van der Waals surface area contributed by atoms with Gasteiger partial charge in [-0.05, 0) is 117 Å². The van der Waals surface area contributed by atoms with Gasteiger partial charge in [0.25, 0.3) is 0 Å². The molecule has 4 aliphatic carbocycles. The number of anilines is 1. The fraction of sp³-hybridized carbons (Fsp3) is 0.500. The zero-order chi connectivity index (χ0) is 34.4. The first-order chi connectivity index (χ1) is 22.0. The highest BCUT2D eigenvalue weighted by Crippen LogP contribution is 2.75. The van der Waals surface area contributed by atoms with Crippen LogP contribution in [0.4, 0.5) is 5.69 Å². The lowest BCUT2D eigenvalue weighted by Gasteiger charge is -2.69. The number of aromatic hydroxyl groups is 1. The molecule has 3 N–H and O–H groups in total. The molecule has 1 unspecified atom stereocenters. The maximum absolute atomic E-state index is 14.1. The van der Waals surface area contributed by atoms with E-state index in [1.165, 1.54) is 0 Å². The van der Waals surface area contributed by atoms with Gasteiger partial charge in [-0.25, -0.2) is 4.57 Å². The van der Waals surface area contributed by atoms with Crippen molar-refractivity contribution in [3.63, 3.8) is 0 Å². The lowest BCUT2D eigenvalue weighted by molar-refractivity contribution is -0.205. The van der Waals surface area contributed by atoms with Crippen molar-refractivity contribution in [2.24, 2.45) is 10.8 Å². The van der Waals surface area contributed by atoms with E-state index in [0.717, 1.165) is 50.9 Å². The molecular weight excluding hydrogens is 660 g/mol. The number of amides is 1. The van der Waals surface area contributed by atoms with Crippen molar-refractivity contribution in [3.8, 4) is 11.5 Å². The Morgan fingerprint density at radius 1 is 0.957 bits per heavy atom. The normalized spacial score (nSPS) is 27.1. The van der Waals surface area contributed by atoms with Crippen LogP contribution in [0.25, 0.3) is 11.1 Å². The minimum absolute atomic E-state index is 0.00749. The van der Waals surface area contributed by atoms with E-state index in [1.54, 1.807) is 24.0 Å². The summed E-state index contributed by atoms with van der Waals surface area (Å²) in [4.78, 5) is 48.6. The third kappa shape index (κ3) is 5.39. The number of phenols is 1. The van der Waals surface area contributed by atoms with Gasteiger partial charge in [-0.1, -0.05) is 24.3 Å². The number of benzene rings is 2. The number of nitrogens with zero attached hydrogens (tertiary/aromatic N) is 1. The predicted molar refractivity (Wildman–Crippen MR) is 186 cm³/mol. The fourth-order valence-corrected chi connectivity index (χ4v) is 10.2. The molecule has 3 saturated carbocycles. The average molecular weight is 703 g/mol. The van der Waals surface area contributed by atoms with Gasteiger partial charge in [0.1, 0.15) is 17.3 Å². The van der Waals surface area contributed by atoms with Gasteiger partial charge in [-0.3, -0.25) is 19.4 Å². The number of halogens is 2. The van der Waals surface area contributed by atoms with Crippen LogP contribution in [-0.2, 0) is 14.2 Å². The fourth-order valence-electron chi connectivity index (χ4n) is 9.20. The second-order valence-corrected chi connectivity index (χ2v) is 16.2. The van der Waals surface area contributed by atoms with Crippen LogP contribution >= 0.6 is 31.0 Å². The van der Waals surface area contributed by atoms with Crippen molar-refractivity contribution in [1.29, 1.82) is 0 Å². The molecule has 252 valence electrons. The quantitative estimate of drug-likeness (QED) is 0.159. The Morgan fingerprint density at radius 2 is 1.55 bits per heavy atom. The number of carbonyl (C=O) groups is 2. The summed E-state index contributed by atoms with van der Waals surface area (Å²) in [6.45, 7) is 16.0. The molecule has 1 heterocycles. The van der Waals surface area contributed by atoms with E-state index in [0.29, 0.717) is 61.7 Å². The minimum Gasteiger partial charge on any atom is -0.508 e. The molecule has 0 spiro atoms. The summed E-state index contributed by atoms with van der Waals surface area (Å²) in [6.07, 6.45) is 3.18. The number of phenolic OH excluding ortho intramolecular Hbond substituents is 1. The molecule has 0 radical (unpaired) electrons. The van der Waals surface area contributed by atoms with Crippen LogP contribution in [0.2, 0.25) is 0 Å². The number of alkyl halides is 2. The van der Waals surface area contributed by atoms with Crippen molar-refractivity contribution in [2.45, 2.75) is 84.0 Å². The number of hydrogen-bond donors (Lipinski definition) is 3. The van der Waals surface area contributed by atoms with Gasteiger partial charge >= 0.3 is 7.82 Å². The standard InChI is InChI=1S/C36H42Cl2NO7P/c1-18(2)30-20(5)27(40)11-26-33(30)24(13-38)14-39(26)34(42)36-15-35(16-36,17-36)29(41)8-7-22-9-23(12-37)32-25(22)10-28(46-47(43,44)45)21(6)31(32)19(3)4/h10-11,22-24,40H,1,3,7-9,12-17H2,2,4-6H3,(H2,43,44,45)/t22?,23-,24+,35?,36?/m0/s1. The SMILES string of the molecule is C=C(C)c1c(C)c(OP(=O)(O)O)cc2c1[C@H](CCl)CC2CCC(=O)C12CC(C(=O)N3C[C@@H](CCl)c4c3cc(O)c(C)c4C(=C)C)(C1)C2. The zero-order valence-electron chi connectivity index (χ0n) is 27.3. The Morgan fingerprint density at radius 3 is 2.11 bits per heavy atom. The molecule has 2 aromatic rings. The van der Waals surface area contributed by atoms with Gasteiger partial charge in [0.05, 0.1) is 11.1 Å². The molecule has 0 saturated heterocycles. The number of hydrogen-bond acceptors (Lipinski definition) is 5. The highest BCUT2D eigenvalue weighted by atomic mass is 35.5. The largest absolute Gasteiger partial charge is 0.524 e. The summed E-state index contributed by atoms with van der Waals surface area (Å²) in [5, 5.41) is 10.7. The molecule has 3 atom stereocenters. The average Bonchev–Trinajstić information content (AvgIpc) is 3.47. The molecule has 1 aliphatic heterocycles. The molecule has 7 rings (SSSR count). The van der Waals surface area contributed by atoms with Gasteiger partial charge in [-0.2, -0.15) is 0 Å². The van der Waals surface area contributed by atoms with Crippen LogP contribution in [0, 0.1) is 24.7 Å². The van der Waals surface area contributed by atoms with Crippen molar-refractivity contribution in [2.75, 3.05) is 23.2 Å². The topological polar surface area (TPSA) is 124 Å². The Labute approximate surface area is 286 Å². The number of phosphoric ester groups is 1. The molecule has 11 heteroatoms. The number of ketones is 1. The third-order valence-corrected chi connectivity index (χ3v) is 12.4. The first-order valence-corrected chi connectivity index (χ1v) is 18.7. The Kier molecular flexibility index (Phi) is 8.58. The Hall–Kier alpha value is -2.61. The highest BCUT2D eigenvalue weighted by molar-refractivity contribution is 7.46. The molecule has 5 aliphatic rings. The summed E-state index contributed by atoms with van der Waals surface area (Å²) in [7, 11) is -4.80. The van der Waals surface area contributed by atoms with E-state index in [2.05, 4.69) is 13.2 Å². The van der Waals surface area contributed by atoms with Gasteiger partial charge < -0.3 is 14.5 Å². The molecular formula is C36H42Cl2NO7P. The summed E-state index contributed by atoms with van der Waals surface area (Å²) in [5.74, 6) is 1.00. The van der Waals surface area contributed by atoms with E-state index in [4.69, 9.17) is 27.7 Å². The van der Waals surface area contributed by atoms with Crippen LogP contribution < -0.4 is 9.42 Å². The summed E-state index contributed by atoms with van der Waals surface area (Å²) in [5.41, 5.74) is 7.06. The molecule has 1 amide bonds. The van der Waals surface area contributed by atoms with E-state index < -0.39 is 18.7 Å². The van der Waals surface area contributed by atoms with Gasteiger partial charge in [0, 0.05) is 42.1 Å². The van der Waals surface area contributed by atoms with Crippen molar-refractivity contribution >= 4 is 59.5 Å². The van der Waals surface area contributed by atoms with E-state index in [9.17, 15) is 29.0 Å². The Bertz CT molecular complexity index is 1780. The van der Waals surface area contributed by atoms with Crippen LogP contribution in [0.15, 0.2) is 25.3 Å². The van der Waals surface area contributed by atoms with Gasteiger partial charge in [0.15, 0.2) is 0 Å². The van der Waals surface area contributed by atoms with Gasteiger partial charge in [-0.15, -0.1) is 23.2 Å². The van der Waals surface area contributed by atoms with Crippen LogP contribution in [-0.4, -0.2) is 44.9 Å². The maximum Gasteiger partial charge on any atom is 0.524 e. The number of allylic oxidation sites excluding steroid dienone is 2. The number of rotatable bonds is 11. The number of Topliss-reactive ketones (excluding diaryl/α,β-unsaturated/α-hetero) is 1. The van der Waals surface area contributed by atoms with Crippen LogP contribution in [0.1, 0.15) is 109 Å². The number of phosphoric acid groups is 1. The third-order valence-electron chi connectivity index (χ3n) is 11.2. The first-order valence-electron chi connectivity index (χ1n) is 16.1. The monoisotopic (exact) mass is 701 g/mol. The van der Waals surface area contributed by atoms with Crippen molar-refractivity contribution in [1.82, 2.24) is 0 Å². The van der Waals surface area contributed by atoms with Crippen LogP contribution in [0.5, 0.6) is 11.5 Å². The number of fused-ring (bicyclic) bond motifs is 2. The van der Waals surface area contributed by atoms with Crippen molar-refractivity contribution < 1.29 is 33.6 Å². The second-order valence-electron chi connectivity index (χ2n) is 14.5. The lowest BCUT2D eigenvalue weighted by Crippen LogP contribution is -2.70. The van der Waals surface area contributed by atoms with Gasteiger partial charge in [0.2, 0.25) is 5.91 Å². The minimum atomic E-state index is -4.80. The Balaban J connectivity index is 1.18. The highest BCUT2D eigenvalue weighted by Gasteiger charge is 2.75. The summed E-state index contributed by atoms with van der Waals surface area (Å²) >= 11 is 12.8. The summed E-state index contributed by atoms with van der Waals surface area (Å²) < 4.78 is 16.8. The molecule has 2 bridgehead atoms.